The van der Waals surface area contributed by atoms with Crippen LogP contribution in [0.3, 0.4) is 0 Å². The molecule has 1 aliphatic rings. The van der Waals surface area contributed by atoms with Crippen LogP contribution >= 0.6 is 0 Å². The number of nitrogens with zero attached hydrogens (tertiary/aromatic N) is 3. The topological polar surface area (TPSA) is 98.8 Å². The van der Waals surface area contributed by atoms with Crippen LogP contribution in [0.5, 0.6) is 0 Å². The second-order valence-electron chi connectivity index (χ2n) is 5.73. The summed E-state index contributed by atoms with van der Waals surface area (Å²) in [5, 5.41) is 24.2. The SMILES string of the molecule is CCCNc1nc(NC2(CO)CCCC2)c2cn[nH]c2n1. The van der Waals surface area contributed by atoms with Crippen LogP contribution in [0.15, 0.2) is 6.20 Å². The van der Waals surface area contributed by atoms with Gasteiger partial charge in [-0.3, -0.25) is 5.10 Å². The molecule has 1 aliphatic carbocycles. The third-order valence-electron chi connectivity index (χ3n) is 4.09. The van der Waals surface area contributed by atoms with Gasteiger partial charge in [0.1, 0.15) is 5.82 Å². The smallest absolute Gasteiger partial charge is 0.226 e. The van der Waals surface area contributed by atoms with Gasteiger partial charge in [-0.05, 0) is 19.3 Å². The summed E-state index contributed by atoms with van der Waals surface area (Å²) in [6, 6.07) is 0. The third kappa shape index (κ3) is 2.78. The van der Waals surface area contributed by atoms with Crippen molar-refractivity contribution in [1.29, 1.82) is 0 Å². The van der Waals surface area contributed by atoms with Gasteiger partial charge in [-0.25, -0.2) is 0 Å². The Labute approximate surface area is 123 Å². The van der Waals surface area contributed by atoms with Gasteiger partial charge in [0.05, 0.1) is 23.7 Å². The molecule has 0 spiro atoms. The molecule has 3 rings (SSSR count). The molecule has 0 bridgehead atoms. The maximum atomic E-state index is 9.77. The highest BCUT2D eigenvalue weighted by Gasteiger charge is 2.34. The first-order valence-corrected chi connectivity index (χ1v) is 7.60. The Morgan fingerprint density at radius 1 is 1.33 bits per heavy atom. The van der Waals surface area contributed by atoms with Crippen molar-refractivity contribution in [3.8, 4) is 0 Å². The molecule has 1 fully saturated rings. The summed E-state index contributed by atoms with van der Waals surface area (Å²) in [6.07, 6.45) is 6.92. The van der Waals surface area contributed by atoms with Crippen LogP contribution in [0.25, 0.3) is 11.0 Å². The van der Waals surface area contributed by atoms with Crippen molar-refractivity contribution in [1.82, 2.24) is 20.2 Å². The highest BCUT2D eigenvalue weighted by molar-refractivity contribution is 5.87. The number of aromatic nitrogens is 4. The standard InChI is InChI=1S/C14H22N6O/c1-2-7-15-13-17-11(10-8-16-20-12(10)18-13)19-14(9-21)5-3-4-6-14/h8,21H,2-7,9H2,1H3,(H3,15,16,17,18,19,20). The number of aliphatic hydroxyl groups is 1. The average Bonchev–Trinajstić information content (AvgIpc) is 3.14. The predicted molar refractivity (Wildman–Crippen MR) is 82.4 cm³/mol. The van der Waals surface area contributed by atoms with Crippen LogP contribution in [0.1, 0.15) is 39.0 Å². The number of H-pyrrole nitrogens is 1. The van der Waals surface area contributed by atoms with E-state index in [0.29, 0.717) is 11.6 Å². The van der Waals surface area contributed by atoms with Crippen molar-refractivity contribution in [3.63, 3.8) is 0 Å². The molecule has 2 aromatic rings. The molecule has 114 valence electrons. The Kier molecular flexibility index (Phi) is 3.92. The summed E-state index contributed by atoms with van der Waals surface area (Å²) >= 11 is 0. The van der Waals surface area contributed by atoms with Gasteiger partial charge in [-0.2, -0.15) is 15.1 Å². The van der Waals surface area contributed by atoms with Crippen LogP contribution in [0.2, 0.25) is 0 Å². The highest BCUT2D eigenvalue weighted by Crippen LogP contribution is 2.34. The first-order valence-electron chi connectivity index (χ1n) is 7.60. The summed E-state index contributed by atoms with van der Waals surface area (Å²) in [7, 11) is 0. The van der Waals surface area contributed by atoms with Gasteiger partial charge in [0.2, 0.25) is 5.95 Å². The second-order valence-corrected chi connectivity index (χ2v) is 5.73. The summed E-state index contributed by atoms with van der Waals surface area (Å²) in [5.74, 6) is 1.32. The lowest BCUT2D eigenvalue weighted by Gasteiger charge is -2.28. The van der Waals surface area contributed by atoms with Gasteiger partial charge in [-0.15, -0.1) is 0 Å². The lowest BCUT2D eigenvalue weighted by Crippen LogP contribution is -2.39. The number of hydrogen-bond donors (Lipinski definition) is 4. The maximum absolute atomic E-state index is 9.77. The average molecular weight is 290 g/mol. The molecule has 0 amide bonds. The lowest BCUT2D eigenvalue weighted by atomic mass is 9.99. The van der Waals surface area contributed by atoms with Crippen LogP contribution in [-0.2, 0) is 0 Å². The fourth-order valence-electron chi connectivity index (χ4n) is 2.87. The van der Waals surface area contributed by atoms with Crippen molar-refractivity contribution in [2.24, 2.45) is 0 Å². The molecular formula is C14H22N6O. The normalized spacial score (nSPS) is 17.2. The fourth-order valence-corrected chi connectivity index (χ4v) is 2.87. The van der Waals surface area contributed by atoms with Crippen LogP contribution < -0.4 is 10.6 Å². The molecule has 2 aromatic heterocycles. The van der Waals surface area contributed by atoms with Gasteiger partial charge >= 0.3 is 0 Å². The number of fused-ring (bicyclic) bond motifs is 1. The zero-order valence-corrected chi connectivity index (χ0v) is 12.3. The molecule has 0 aromatic carbocycles. The van der Waals surface area contributed by atoms with Crippen molar-refractivity contribution < 1.29 is 5.11 Å². The molecule has 1 saturated carbocycles. The monoisotopic (exact) mass is 290 g/mol. The fraction of sp³-hybridized carbons (Fsp3) is 0.643. The minimum absolute atomic E-state index is 0.119. The summed E-state index contributed by atoms with van der Waals surface area (Å²) in [4.78, 5) is 8.98. The molecule has 0 radical (unpaired) electrons. The Morgan fingerprint density at radius 3 is 2.86 bits per heavy atom. The molecule has 0 unspecified atom stereocenters. The molecule has 0 aliphatic heterocycles. The molecular weight excluding hydrogens is 268 g/mol. The van der Waals surface area contributed by atoms with E-state index in [0.717, 1.165) is 49.9 Å². The Balaban J connectivity index is 1.93. The zero-order chi connectivity index (χ0) is 14.7. The minimum atomic E-state index is -0.263. The van der Waals surface area contributed by atoms with Gasteiger partial charge in [0, 0.05) is 6.54 Å². The summed E-state index contributed by atoms with van der Waals surface area (Å²) in [5.41, 5.74) is 0.442. The highest BCUT2D eigenvalue weighted by atomic mass is 16.3. The minimum Gasteiger partial charge on any atom is -0.394 e. The number of nitrogens with one attached hydrogen (secondary N) is 3. The van der Waals surface area contributed by atoms with Crippen LogP contribution in [0, 0.1) is 0 Å². The number of anilines is 2. The number of aliphatic hydroxyl groups excluding tert-OH is 1. The van der Waals surface area contributed by atoms with Crippen LogP contribution in [-0.4, -0.2) is 44.0 Å². The number of aromatic amines is 1. The van der Waals surface area contributed by atoms with E-state index >= 15 is 0 Å². The first kappa shape index (κ1) is 14.1. The van der Waals surface area contributed by atoms with E-state index in [2.05, 4.69) is 37.7 Å². The molecule has 0 atom stereocenters. The van der Waals surface area contributed by atoms with Gasteiger partial charge < -0.3 is 15.7 Å². The number of rotatable bonds is 6. The molecule has 7 heteroatoms. The molecule has 21 heavy (non-hydrogen) atoms. The van der Waals surface area contributed by atoms with Crippen molar-refractivity contribution >= 4 is 22.8 Å². The zero-order valence-electron chi connectivity index (χ0n) is 12.3. The van der Waals surface area contributed by atoms with E-state index in [1.54, 1.807) is 6.20 Å². The number of hydrogen-bond acceptors (Lipinski definition) is 6. The lowest BCUT2D eigenvalue weighted by molar-refractivity contribution is 0.214. The van der Waals surface area contributed by atoms with E-state index in [-0.39, 0.29) is 12.1 Å². The third-order valence-corrected chi connectivity index (χ3v) is 4.09. The first-order chi connectivity index (χ1) is 10.3. The summed E-state index contributed by atoms with van der Waals surface area (Å²) in [6.45, 7) is 3.04. The van der Waals surface area contributed by atoms with Gasteiger partial charge in [0.15, 0.2) is 5.65 Å². The predicted octanol–water partition coefficient (Wildman–Crippen LogP) is 1.89. The summed E-state index contributed by atoms with van der Waals surface area (Å²) < 4.78 is 0. The Morgan fingerprint density at radius 2 is 2.14 bits per heavy atom. The molecule has 0 saturated heterocycles. The van der Waals surface area contributed by atoms with E-state index < -0.39 is 0 Å². The largest absolute Gasteiger partial charge is 0.394 e. The quantitative estimate of drug-likeness (QED) is 0.648. The van der Waals surface area contributed by atoms with Crippen molar-refractivity contribution in [2.75, 3.05) is 23.8 Å². The molecule has 4 N–H and O–H groups in total. The van der Waals surface area contributed by atoms with Gasteiger partial charge in [-0.1, -0.05) is 19.8 Å². The van der Waals surface area contributed by atoms with Crippen LogP contribution in [0.4, 0.5) is 11.8 Å². The van der Waals surface area contributed by atoms with E-state index in [1.165, 1.54) is 0 Å². The van der Waals surface area contributed by atoms with E-state index in [1.807, 2.05) is 0 Å². The second kappa shape index (κ2) is 5.85. The van der Waals surface area contributed by atoms with Gasteiger partial charge in [0.25, 0.3) is 0 Å². The Hall–Kier alpha value is -1.89. The maximum Gasteiger partial charge on any atom is 0.226 e. The Bertz CT molecular complexity index is 605. The van der Waals surface area contributed by atoms with E-state index in [4.69, 9.17) is 0 Å². The molecule has 7 nitrogen and oxygen atoms in total. The van der Waals surface area contributed by atoms with Crippen molar-refractivity contribution in [2.45, 2.75) is 44.6 Å². The van der Waals surface area contributed by atoms with Crippen molar-refractivity contribution in [3.05, 3.63) is 6.20 Å². The molecule has 2 heterocycles. The van der Waals surface area contributed by atoms with E-state index in [9.17, 15) is 5.11 Å².